The molecule has 0 saturated carbocycles. The van der Waals surface area contributed by atoms with Crippen LogP contribution in [0.1, 0.15) is 13.8 Å². The second-order valence-electron chi connectivity index (χ2n) is 3.66. The molecule has 0 saturated heterocycles. The molecule has 0 aliphatic carbocycles. The van der Waals surface area contributed by atoms with E-state index in [9.17, 15) is 8.42 Å². The van der Waals surface area contributed by atoms with Crippen LogP contribution in [0.3, 0.4) is 0 Å². The standard InChI is InChI=1S/C11H13NO3S/c1-9(2)11(8-12)15-16(13,14)10-6-4-3-5-7-10/h3-7,9,11H,1-2H3. The van der Waals surface area contributed by atoms with Crippen LogP contribution >= 0.6 is 0 Å². The minimum Gasteiger partial charge on any atom is -0.247 e. The lowest BCUT2D eigenvalue weighted by molar-refractivity contribution is 0.211. The maximum Gasteiger partial charge on any atom is 0.298 e. The Hall–Kier alpha value is -1.38. The van der Waals surface area contributed by atoms with Gasteiger partial charge in [0.05, 0.1) is 11.0 Å². The first-order valence-corrected chi connectivity index (χ1v) is 6.26. The average Bonchev–Trinajstić information content (AvgIpc) is 2.27. The molecule has 0 N–H and O–H groups in total. The third-order valence-corrected chi connectivity index (χ3v) is 3.31. The van der Waals surface area contributed by atoms with Crippen LogP contribution in [0, 0.1) is 17.2 Å². The van der Waals surface area contributed by atoms with Crippen LogP contribution in [0.5, 0.6) is 0 Å². The van der Waals surface area contributed by atoms with Gasteiger partial charge in [-0.25, -0.2) is 4.18 Å². The van der Waals surface area contributed by atoms with Crippen LogP contribution in [0.25, 0.3) is 0 Å². The number of hydrogen-bond donors (Lipinski definition) is 0. The van der Waals surface area contributed by atoms with Crippen LogP contribution < -0.4 is 0 Å². The van der Waals surface area contributed by atoms with Gasteiger partial charge in [-0.2, -0.15) is 13.7 Å². The summed E-state index contributed by atoms with van der Waals surface area (Å²) in [7, 11) is -3.84. The predicted octanol–water partition coefficient (Wildman–Crippen LogP) is 1.94. The summed E-state index contributed by atoms with van der Waals surface area (Å²) in [6.45, 7) is 3.46. The maximum atomic E-state index is 11.7. The SMILES string of the molecule is CC(C)C(C#N)OS(=O)(=O)c1ccccc1. The van der Waals surface area contributed by atoms with E-state index in [1.807, 2.05) is 6.07 Å². The van der Waals surface area contributed by atoms with E-state index in [0.717, 1.165) is 0 Å². The third-order valence-electron chi connectivity index (χ3n) is 1.99. The summed E-state index contributed by atoms with van der Waals surface area (Å²) in [5.74, 6) is -0.177. The molecule has 0 aromatic heterocycles. The molecule has 0 spiro atoms. The highest BCUT2D eigenvalue weighted by molar-refractivity contribution is 7.86. The molecule has 16 heavy (non-hydrogen) atoms. The van der Waals surface area contributed by atoms with Crippen molar-refractivity contribution in [2.24, 2.45) is 5.92 Å². The minimum atomic E-state index is -3.84. The highest BCUT2D eigenvalue weighted by Crippen LogP contribution is 2.16. The first-order valence-electron chi connectivity index (χ1n) is 4.85. The smallest absolute Gasteiger partial charge is 0.247 e. The van der Waals surface area contributed by atoms with Gasteiger partial charge in [0.25, 0.3) is 10.1 Å². The van der Waals surface area contributed by atoms with E-state index in [1.54, 1.807) is 32.0 Å². The third kappa shape index (κ3) is 3.05. The molecule has 0 aliphatic heterocycles. The van der Waals surface area contributed by atoms with E-state index in [1.165, 1.54) is 12.1 Å². The lowest BCUT2D eigenvalue weighted by atomic mass is 10.1. The van der Waals surface area contributed by atoms with E-state index in [0.29, 0.717) is 0 Å². The maximum absolute atomic E-state index is 11.7. The van der Waals surface area contributed by atoms with Crippen molar-refractivity contribution in [3.63, 3.8) is 0 Å². The number of hydrogen-bond acceptors (Lipinski definition) is 4. The van der Waals surface area contributed by atoms with Crippen molar-refractivity contribution in [3.8, 4) is 6.07 Å². The fourth-order valence-corrected chi connectivity index (χ4v) is 2.20. The van der Waals surface area contributed by atoms with Crippen molar-refractivity contribution in [3.05, 3.63) is 30.3 Å². The molecule has 1 unspecified atom stereocenters. The molecule has 86 valence electrons. The Labute approximate surface area is 95.6 Å². The summed E-state index contributed by atoms with van der Waals surface area (Å²) in [6.07, 6.45) is -0.954. The van der Waals surface area contributed by atoms with Crippen molar-refractivity contribution in [2.45, 2.75) is 24.8 Å². The van der Waals surface area contributed by atoms with E-state index < -0.39 is 16.2 Å². The van der Waals surface area contributed by atoms with Gasteiger partial charge in [-0.15, -0.1) is 0 Å². The minimum absolute atomic E-state index is 0.0656. The van der Waals surface area contributed by atoms with Crippen molar-refractivity contribution in [1.82, 2.24) is 0 Å². The van der Waals surface area contributed by atoms with Gasteiger partial charge in [0.1, 0.15) is 0 Å². The zero-order valence-electron chi connectivity index (χ0n) is 9.12. The lowest BCUT2D eigenvalue weighted by Gasteiger charge is -2.13. The molecule has 5 heteroatoms. The molecule has 0 amide bonds. The van der Waals surface area contributed by atoms with E-state index in [-0.39, 0.29) is 10.8 Å². The number of benzene rings is 1. The van der Waals surface area contributed by atoms with Crippen LogP contribution in [0.15, 0.2) is 35.2 Å². The number of nitriles is 1. The normalized spacial score (nSPS) is 13.4. The molecule has 1 aromatic rings. The summed E-state index contributed by atoms with van der Waals surface area (Å²) < 4.78 is 28.3. The second kappa shape index (κ2) is 5.10. The molecule has 0 radical (unpaired) electrons. The van der Waals surface area contributed by atoms with Gasteiger partial charge >= 0.3 is 0 Å². The van der Waals surface area contributed by atoms with Crippen LogP contribution in [0.2, 0.25) is 0 Å². The monoisotopic (exact) mass is 239 g/mol. The number of nitrogens with zero attached hydrogens (tertiary/aromatic N) is 1. The van der Waals surface area contributed by atoms with Crippen LogP contribution in [-0.4, -0.2) is 14.5 Å². The fraction of sp³-hybridized carbons (Fsp3) is 0.364. The number of rotatable bonds is 4. The van der Waals surface area contributed by atoms with Gasteiger partial charge in [0.15, 0.2) is 6.10 Å². The zero-order valence-corrected chi connectivity index (χ0v) is 9.94. The second-order valence-corrected chi connectivity index (χ2v) is 5.23. The Morgan fingerprint density at radius 1 is 1.25 bits per heavy atom. The Kier molecular flexibility index (Phi) is 4.05. The van der Waals surface area contributed by atoms with Crippen molar-refractivity contribution >= 4 is 10.1 Å². The van der Waals surface area contributed by atoms with E-state index >= 15 is 0 Å². The highest BCUT2D eigenvalue weighted by atomic mass is 32.2. The van der Waals surface area contributed by atoms with E-state index in [4.69, 9.17) is 9.44 Å². The molecular formula is C11H13NO3S. The first kappa shape index (κ1) is 12.7. The van der Waals surface area contributed by atoms with E-state index in [2.05, 4.69) is 0 Å². The summed E-state index contributed by atoms with van der Waals surface area (Å²) in [5.41, 5.74) is 0. The van der Waals surface area contributed by atoms with Gasteiger partial charge in [-0.3, -0.25) is 0 Å². The largest absolute Gasteiger partial charge is 0.298 e. The Morgan fingerprint density at radius 2 is 1.81 bits per heavy atom. The highest BCUT2D eigenvalue weighted by Gasteiger charge is 2.23. The van der Waals surface area contributed by atoms with Gasteiger partial charge in [-0.05, 0) is 18.1 Å². The molecule has 4 nitrogen and oxygen atoms in total. The summed E-state index contributed by atoms with van der Waals surface area (Å²) in [6, 6.07) is 9.62. The zero-order chi connectivity index (χ0) is 12.2. The average molecular weight is 239 g/mol. The summed E-state index contributed by atoms with van der Waals surface area (Å²) >= 11 is 0. The Bertz CT molecular complexity index is 474. The fourth-order valence-electron chi connectivity index (χ4n) is 1.06. The summed E-state index contributed by atoms with van der Waals surface area (Å²) in [5, 5.41) is 8.77. The van der Waals surface area contributed by atoms with Crippen molar-refractivity contribution in [2.75, 3.05) is 0 Å². The van der Waals surface area contributed by atoms with Gasteiger partial charge in [0.2, 0.25) is 0 Å². The molecule has 0 heterocycles. The Morgan fingerprint density at radius 3 is 2.25 bits per heavy atom. The summed E-state index contributed by atoms with van der Waals surface area (Å²) in [4.78, 5) is 0.0656. The van der Waals surface area contributed by atoms with Gasteiger partial charge < -0.3 is 0 Å². The molecule has 0 bridgehead atoms. The van der Waals surface area contributed by atoms with Crippen LogP contribution in [0.4, 0.5) is 0 Å². The molecule has 1 atom stereocenters. The van der Waals surface area contributed by atoms with Gasteiger partial charge in [-0.1, -0.05) is 32.0 Å². The molecule has 0 fully saturated rings. The molecule has 1 aromatic carbocycles. The lowest BCUT2D eigenvalue weighted by Crippen LogP contribution is -2.22. The molecule has 0 aliphatic rings. The molecular weight excluding hydrogens is 226 g/mol. The topological polar surface area (TPSA) is 67.2 Å². The van der Waals surface area contributed by atoms with Crippen molar-refractivity contribution < 1.29 is 12.6 Å². The molecule has 1 rings (SSSR count). The predicted molar refractivity (Wildman–Crippen MR) is 59.0 cm³/mol. The van der Waals surface area contributed by atoms with Crippen LogP contribution in [-0.2, 0) is 14.3 Å². The quantitative estimate of drug-likeness (QED) is 0.753. The van der Waals surface area contributed by atoms with Gasteiger partial charge in [0, 0.05) is 0 Å². The van der Waals surface area contributed by atoms with Crippen molar-refractivity contribution in [1.29, 1.82) is 5.26 Å². The Balaban J connectivity index is 2.94. The first-order chi connectivity index (χ1) is 7.47.